The Morgan fingerprint density at radius 2 is 1.74 bits per heavy atom. The van der Waals surface area contributed by atoms with Crippen LogP contribution >= 0.6 is 0 Å². The number of nitrogens with zero attached hydrogens (tertiary/aromatic N) is 1. The van der Waals surface area contributed by atoms with Crippen LogP contribution in [0, 0.1) is 0 Å². The Labute approximate surface area is 118 Å². The molecule has 0 aliphatic rings. The minimum Gasteiger partial charge on any atom is -0.387 e. The van der Waals surface area contributed by atoms with Gasteiger partial charge in [-0.2, -0.15) is 0 Å². The molecule has 1 rings (SSSR count). The fourth-order valence-corrected chi connectivity index (χ4v) is 2.48. The minimum atomic E-state index is -0.383. The van der Waals surface area contributed by atoms with Crippen molar-refractivity contribution in [3.8, 4) is 0 Å². The zero-order valence-corrected chi connectivity index (χ0v) is 12.6. The standard InChI is InChI=1S/C17H29NO/c1-3-5-6-7-8-9-10-13-16(19)17-15(4-2)12-11-14-18-17/h11-12,14,16,19H,3-10,13H2,1-2H3. The summed E-state index contributed by atoms with van der Waals surface area (Å²) in [5.41, 5.74) is 2.06. The molecule has 0 fully saturated rings. The minimum absolute atomic E-state index is 0.383. The molecule has 2 heteroatoms. The molecule has 1 aromatic rings. The molecule has 1 heterocycles. The Balaban J connectivity index is 2.22. The van der Waals surface area contributed by atoms with Crippen LogP contribution < -0.4 is 0 Å². The molecular formula is C17H29NO. The van der Waals surface area contributed by atoms with Crippen molar-refractivity contribution >= 4 is 0 Å². The van der Waals surface area contributed by atoms with Gasteiger partial charge in [-0.05, 0) is 24.5 Å². The number of hydrogen-bond acceptors (Lipinski definition) is 2. The highest BCUT2D eigenvalue weighted by molar-refractivity contribution is 5.21. The second kappa shape index (κ2) is 9.96. The number of aliphatic hydroxyl groups is 1. The lowest BCUT2D eigenvalue weighted by Crippen LogP contribution is -2.04. The second-order valence-corrected chi connectivity index (χ2v) is 5.33. The predicted molar refractivity (Wildman–Crippen MR) is 81.2 cm³/mol. The highest BCUT2D eigenvalue weighted by atomic mass is 16.3. The van der Waals surface area contributed by atoms with Crippen molar-refractivity contribution in [2.24, 2.45) is 0 Å². The molecule has 0 aliphatic heterocycles. The van der Waals surface area contributed by atoms with Crippen LogP contribution in [0.15, 0.2) is 18.3 Å². The van der Waals surface area contributed by atoms with Crippen LogP contribution in [0.1, 0.15) is 82.6 Å². The number of hydrogen-bond donors (Lipinski definition) is 1. The zero-order valence-electron chi connectivity index (χ0n) is 12.6. The van der Waals surface area contributed by atoms with Crippen molar-refractivity contribution < 1.29 is 5.11 Å². The van der Waals surface area contributed by atoms with Crippen molar-refractivity contribution in [2.75, 3.05) is 0 Å². The molecule has 19 heavy (non-hydrogen) atoms. The molecule has 0 amide bonds. The maximum Gasteiger partial charge on any atom is 0.0962 e. The van der Waals surface area contributed by atoms with Crippen molar-refractivity contribution in [3.05, 3.63) is 29.6 Å². The SMILES string of the molecule is CCCCCCCCCC(O)c1ncccc1CC. The van der Waals surface area contributed by atoms with Gasteiger partial charge in [0.1, 0.15) is 0 Å². The average Bonchev–Trinajstić information content (AvgIpc) is 2.46. The fraction of sp³-hybridized carbons (Fsp3) is 0.706. The van der Waals surface area contributed by atoms with Gasteiger partial charge in [0.2, 0.25) is 0 Å². The van der Waals surface area contributed by atoms with Crippen LogP contribution in [0.2, 0.25) is 0 Å². The summed E-state index contributed by atoms with van der Waals surface area (Å²) >= 11 is 0. The van der Waals surface area contributed by atoms with Gasteiger partial charge in [0.25, 0.3) is 0 Å². The van der Waals surface area contributed by atoms with Crippen molar-refractivity contribution in [1.82, 2.24) is 4.98 Å². The lowest BCUT2D eigenvalue weighted by atomic mass is 10.0. The largest absolute Gasteiger partial charge is 0.387 e. The molecule has 1 aromatic heterocycles. The molecule has 0 aliphatic carbocycles. The molecule has 2 nitrogen and oxygen atoms in total. The Hall–Kier alpha value is -0.890. The molecular weight excluding hydrogens is 234 g/mol. The van der Waals surface area contributed by atoms with Crippen LogP contribution in [-0.4, -0.2) is 10.1 Å². The summed E-state index contributed by atoms with van der Waals surface area (Å²) in [5.74, 6) is 0. The highest BCUT2D eigenvalue weighted by Gasteiger charge is 2.12. The summed E-state index contributed by atoms with van der Waals surface area (Å²) in [4.78, 5) is 4.34. The maximum atomic E-state index is 10.2. The van der Waals surface area contributed by atoms with Crippen LogP contribution in [0.5, 0.6) is 0 Å². The maximum absolute atomic E-state index is 10.2. The van der Waals surface area contributed by atoms with E-state index < -0.39 is 0 Å². The molecule has 0 aromatic carbocycles. The second-order valence-electron chi connectivity index (χ2n) is 5.33. The van der Waals surface area contributed by atoms with E-state index in [2.05, 4.69) is 24.9 Å². The first kappa shape index (κ1) is 16.2. The van der Waals surface area contributed by atoms with E-state index in [1.54, 1.807) is 6.20 Å². The van der Waals surface area contributed by atoms with Crippen LogP contribution in [0.3, 0.4) is 0 Å². The molecule has 0 bridgehead atoms. The van der Waals surface area contributed by atoms with Gasteiger partial charge in [-0.3, -0.25) is 4.98 Å². The third kappa shape index (κ3) is 6.20. The van der Waals surface area contributed by atoms with Gasteiger partial charge in [0.15, 0.2) is 0 Å². The van der Waals surface area contributed by atoms with Crippen LogP contribution in [0.25, 0.3) is 0 Å². The number of aromatic nitrogens is 1. The van der Waals surface area contributed by atoms with Crippen molar-refractivity contribution in [3.63, 3.8) is 0 Å². The van der Waals surface area contributed by atoms with Gasteiger partial charge in [0, 0.05) is 6.20 Å². The van der Waals surface area contributed by atoms with E-state index in [4.69, 9.17) is 0 Å². The summed E-state index contributed by atoms with van der Waals surface area (Å²) < 4.78 is 0. The van der Waals surface area contributed by atoms with E-state index in [0.717, 1.165) is 25.0 Å². The number of rotatable bonds is 10. The lowest BCUT2D eigenvalue weighted by Gasteiger charge is -2.13. The molecule has 108 valence electrons. The molecule has 0 spiro atoms. The average molecular weight is 263 g/mol. The Morgan fingerprint density at radius 3 is 2.42 bits per heavy atom. The fourth-order valence-electron chi connectivity index (χ4n) is 2.48. The van der Waals surface area contributed by atoms with E-state index in [1.807, 2.05) is 6.07 Å². The number of pyridine rings is 1. The number of aryl methyl sites for hydroxylation is 1. The molecule has 0 radical (unpaired) electrons. The van der Waals surface area contributed by atoms with Crippen molar-refractivity contribution in [1.29, 1.82) is 0 Å². The van der Waals surface area contributed by atoms with Gasteiger partial charge in [-0.25, -0.2) is 0 Å². The van der Waals surface area contributed by atoms with E-state index in [0.29, 0.717) is 0 Å². The van der Waals surface area contributed by atoms with Crippen molar-refractivity contribution in [2.45, 2.75) is 77.7 Å². The summed E-state index contributed by atoms with van der Waals surface area (Å²) in [6, 6.07) is 4.01. The van der Waals surface area contributed by atoms with E-state index in [-0.39, 0.29) is 6.10 Å². The monoisotopic (exact) mass is 263 g/mol. The zero-order chi connectivity index (χ0) is 13.9. The van der Waals surface area contributed by atoms with E-state index in [1.165, 1.54) is 44.1 Å². The number of aliphatic hydroxyl groups excluding tert-OH is 1. The topological polar surface area (TPSA) is 33.1 Å². The van der Waals surface area contributed by atoms with Crippen LogP contribution in [0.4, 0.5) is 0 Å². The van der Waals surface area contributed by atoms with Crippen LogP contribution in [-0.2, 0) is 6.42 Å². The quantitative estimate of drug-likeness (QED) is 0.614. The van der Waals surface area contributed by atoms with E-state index >= 15 is 0 Å². The highest BCUT2D eigenvalue weighted by Crippen LogP contribution is 2.21. The van der Waals surface area contributed by atoms with Gasteiger partial charge >= 0.3 is 0 Å². The summed E-state index contributed by atoms with van der Waals surface area (Å²) in [7, 11) is 0. The summed E-state index contributed by atoms with van der Waals surface area (Å²) in [6.45, 7) is 4.36. The first-order valence-electron chi connectivity index (χ1n) is 7.91. The Morgan fingerprint density at radius 1 is 1.05 bits per heavy atom. The van der Waals surface area contributed by atoms with Gasteiger partial charge < -0.3 is 5.11 Å². The molecule has 1 atom stereocenters. The third-order valence-corrected chi connectivity index (χ3v) is 3.70. The number of unbranched alkanes of at least 4 members (excludes halogenated alkanes) is 6. The van der Waals surface area contributed by atoms with Gasteiger partial charge in [0.05, 0.1) is 11.8 Å². The van der Waals surface area contributed by atoms with Gasteiger partial charge in [-0.1, -0.05) is 64.9 Å². The normalized spacial score (nSPS) is 12.6. The third-order valence-electron chi connectivity index (χ3n) is 3.70. The predicted octanol–water partition coefficient (Wildman–Crippen LogP) is 4.82. The van der Waals surface area contributed by atoms with E-state index in [9.17, 15) is 5.11 Å². The smallest absolute Gasteiger partial charge is 0.0962 e. The molecule has 0 saturated carbocycles. The Bertz CT molecular complexity index is 338. The Kier molecular flexibility index (Phi) is 8.48. The lowest BCUT2D eigenvalue weighted by molar-refractivity contribution is 0.157. The summed E-state index contributed by atoms with van der Waals surface area (Å²) in [5, 5.41) is 10.2. The molecule has 1 unspecified atom stereocenters. The first-order valence-corrected chi connectivity index (χ1v) is 7.91. The molecule has 1 N–H and O–H groups in total. The first-order chi connectivity index (χ1) is 9.29. The summed E-state index contributed by atoms with van der Waals surface area (Å²) in [6.07, 6.45) is 12.2. The molecule has 0 saturated heterocycles. The van der Waals surface area contributed by atoms with Gasteiger partial charge in [-0.15, -0.1) is 0 Å².